The number of aromatic nitrogens is 3. The summed E-state index contributed by atoms with van der Waals surface area (Å²) in [7, 11) is 0. The quantitative estimate of drug-likeness (QED) is 0.173. The second kappa shape index (κ2) is 16.3. The van der Waals surface area contributed by atoms with E-state index in [4.69, 9.17) is 11.1 Å². The maximum atomic E-state index is 9.12. The van der Waals surface area contributed by atoms with Crippen LogP contribution in [-0.4, -0.2) is 14.1 Å². The van der Waals surface area contributed by atoms with Gasteiger partial charge in [-0.1, -0.05) is 178 Å². The molecule has 12 rings (SSSR count). The maximum Gasteiger partial charge on any atom is 0.137 e. The average Bonchev–Trinajstić information content (AvgIpc) is 3.92. The van der Waals surface area contributed by atoms with E-state index in [2.05, 4.69) is 240 Å². The van der Waals surface area contributed by atoms with Gasteiger partial charge in [0.15, 0.2) is 0 Å². The Kier molecular flexibility index (Phi) is 9.94. The first-order valence-electron chi connectivity index (χ1n) is 25.5. The maximum absolute atomic E-state index is 9.12. The molecule has 0 amide bonds. The van der Waals surface area contributed by atoms with Crippen LogP contribution < -0.4 is 9.64 Å². The highest BCUT2D eigenvalue weighted by Gasteiger charge is 2.29. The van der Waals surface area contributed by atoms with Crippen LogP contribution in [0.5, 0.6) is 11.5 Å². The van der Waals surface area contributed by atoms with Gasteiger partial charge in [-0.3, -0.25) is 4.57 Å². The standard InChI is InChI=1S/C66H60N4O/c1-64(2,3)43-20-16-19-42(35-43)49-28-18-29-56-52-25-12-10-23-50(52)51-24-11-13-26-53(51)57-36-45(66(7,8)9)37-60-63(57)69(62(49)56)41-68(60)46-21-17-22-47(39-46)71-48-31-32-55-54-27-14-15-30-58(54)70(59(55)40-48)61-38-44(33-34-67-61)65(4,5)6/h10-40H,41H2,1-9H3/i16D. The van der Waals surface area contributed by atoms with Gasteiger partial charge in [0.1, 0.15) is 24.0 Å². The molecule has 0 unspecified atom stereocenters. The Morgan fingerprint density at radius 3 is 1.79 bits per heavy atom. The molecule has 1 aliphatic heterocycles. The highest BCUT2D eigenvalue weighted by molar-refractivity contribution is 6.22. The lowest BCUT2D eigenvalue weighted by Gasteiger charge is -2.24. The molecule has 0 fully saturated rings. The van der Waals surface area contributed by atoms with Crippen molar-refractivity contribution in [2.45, 2.75) is 85.2 Å². The van der Waals surface area contributed by atoms with Crippen LogP contribution in [0.15, 0.2) is 188 Å². The zero-order chi connectivity index (χ0) is 49.8. The molecule has 0 spiro atoms. The summed E-state index contributed by atoms with van der Waals surface area (Å²) in [5.74, 6) is 2.38. The molecule has 0 radical (unpaired) electrons. The number of hydrogen-bond donors (Lipinski definition) is 0. The number of benzene rings is 8. The minimum absolute atomic E-state index is 0.0279. The van der Waals surface area contributed by atoms with Crippen molar-refractivity contribution >= 4 is 76.5 Å². The SMILES string of the molecule is [2H]c1cc(-c2cccc3c4ccccc4c4ccccc4c4cc(C(C)(C)C)cc5c4n(c23)CN5c2cccc(Oc3ccc4c5ccccc5n(-c5cc(C(C)(C)C)ccn5)c4c3)c2)cc(C(C)(C)C)c1. The van der Waals surface area contributed by atoms with Crippen LogP contribution in [0.25, 0.3) is 82.1 Å². The van der Waals surface area contributed by atoms with E-state index < -0.39 is 0 Å². The molecule has 0 saturated carbocycles. The van der Waals surface area contributed by atoms with Crippen molar-refractivity contribution in [3.8, 4) is 28.4 Å². The lowest BCUT2D eigenvalue weighted by atomic mass is 9.85. The minimum Gasteiger partial charge on any atom is -0.457 e. The number of nitrogens with zero attached hydrogens (tertiary/aromatic N) is 4. The molecule has 0 saturated heterocycles. The third-order valence-corrected chi connectivity index (χ3v) is 14.6. The first-order valence-corrected chi connectivity index (χ1v) is 25.0. The van der Waals surface area contributed by atoms with Gasteiger partial charge in [0, 0.05) is 51.1 Å². The van der Waals surface area contributed by atoms with E-state index in [0.717, 1.165) is 78.2 Å². The summed E-state index contributed by atoms with van der Waals surface area (Å²) in [4.78, 5) is 7.39. The summed E-state index contributed by atoms with van der Waals surface area (Å²) < 4.78 is 20.9. The molecule has 1 aliphatic rings. The Bertz CT molecular complexity index is 4080. The molecule has 0 bridgehead atoms. The molecule has 0 atom stereocenters. The molecular formula is C66H60N4O. The molecule has 8 aromatic carbocycles. The smallest absolute Gasteiger partial charge is 0.137 e. The number of pyridine rings is 1. The van der Waals surface area contributed by atoms with Crippen LogP contribution in [0.1, 0.15) is 80.4 Å². The van der Waals surface area contributed by atoms with Crippen molar-refractivity contribution in [1.82, 2.24) is 14.1 Å². The predicted molar refractivity (Wildman–Crippen MR) is 301 cm³/mol. The van der Waals surface area contributed by atoms with Crippen molar-refractivity contribution in [2.75, 3.05) is 4.90 Å². The summed E-state index contributed by atoms with van der Waals surface area (Å²) in [5, 5.41) is 9.43. The fraction of sp³-hybridized carbons (Fsp3) is 0.197. The Morgan fingerprint density at radius 1 is 0.465 bits per heavy atom. The van der Waals surface area contributed by atoms with E-state index >= 15 is 0 Å². The minimum atomic E-state index is -0.146. The third kappa shape index (κ3) is 7.58. The van der Waals surface area contributed by atoms with Gasteiger partial charge in [0.2, 0.25) is 0 Å². The Labute approximate surface area is 418 Å². The normalized spacial score (nSPS) is 13.3. The zero-order valence-corrected chi connectivity index (χ0v) is 42.2. The van der Waals surface area contributed by atoms with Gasteiger partial charge in [0.25, 0.3) is 0 Å². The Hall–Kier alpha value is -7.89. The number of ether oxygens (including phenoxy) is 1. The van der Waals surface area contributed by atoms with Gasteiger partial charge in [-0.25, -0.2) is 4.98 Å². The van der Waals surface area contributed by atoms with E-state index in [9.17, 15) is 0 Å². The van der Waals surface area contributed by atoms with Crippen molar-refractivity contribution in [1.29, 1.82) is 0 Å². The summed E-state index contributed by atoms with van der Waals surface area (Å²) in [6.45, 7) is 20.9. The topological polar surface area (TPSA) is 35.2 Å². The van der Waals surface area contributed by atoms with Gasteiger partial charge in [-0.2, -0.15) is 0 Å². The van der Waals surface area contributed by atoms with Crippen molar-refractivity contribution in [2.24, 2.45) is 0 Å². The van der Waals surface area contributed by atoms with Crippen molar-refractivity contribution in [3.63, 3.8) is 0 Å². The fourth-order valence-electron chi connectivity index (χ4n) is 10.8. The molecule has 350 valence electrons. The summed E-state index contributed by atoms with van der Waals surface area (Å²) >= 11 is 0. The van der Waals surface area contributed by atoms with E-state index in [1.807, 2.05) is 18.3 Å². The Balaban J connectivity index is 1.09. The van der Waals surface area contributed by atoms with E-state index in [1.54, 1.807) is 0 Å². The monoisotopic (exact) mass is 925 g/mol. The lowest BCUT2D eigenvalue weighted by Crippen LogP contribution is -2.16. The van der Waals surface area contributed by atoms with Gasteiger partial charge in [-0.15, -0.1) is 0 Å². The highest BCUT2D eigenvalue weighted by atomic mass is 16.5. The van der Waals surface area contributed by atoms with Crippen molar-refractivity contribution < 1.29 is 6.11 Å². The van der Waals surface area contributed by atoms with Crippen LogP contribution in [-0.2, 0) is 22.9 Å². The van der Waals surface area contributed by atoms with E-state index in [-0.39, 0.29) is 16.2 Å². The van der Waals surface area contributed by atoms with Crippen LogP contribution in [0.2, 0.25) is 0 Å². The number of anilines is 2. The first kappa shape index (κ1) is 43.2. The van der Waals surface area contributed by atoms with Crippen molar-refractivity contribution in [3.05, 3.63) is 205 Å². The summed E-state index contributed by atoms with van der Waals surface area (Å²) in [6.07, 6.45) is 1.92. The Morgan fingerprint density at radius 2 is 1.07 bits per heavy atom. The molecule has 4 heterocycles. The molecule has 5 heteroatoms. The highest BCUT2D eigenvalue weighted by Crippen LogP contribution is 2.47. The molecule has 11 aromatic rings. The largest absolute Gasteiger partial charge is 0.457 e. The number of rotatable bonds is 5. The fourth-order valence-corrected chi connectivity index (χ4v) is 10.8. The second-order valence-electron chi connectivity index (χ2n) is 22.5. The van der Waals surface area contributed by atoms with Gasteiger partial charge in [0.05, 0.1) is 29.1 Å². The van der Waals surface area contributed by atoms with Crippen LogP contribution in [0.3, 0.4) is 0 Å². The zero-order valence-electron chi connectivity index (χ0n) is 43.2. The predicted octanol–water partition coefficient (Wildman–Crippen LogP) is 18.2. The molecule has 3 aromatic heterocycles. The molecular weight excluding hydrogens is 865 g/mol. The summed E-state index contributed by atoms with van der Waals surface area (Å²) in [5.41, 5.74) is 12.0. The van der Waals surface area contributed by atoms with E-state index in [0.29, 0.717) is 12.7 Å². The van der Waals surface area contributed by atoms with Crippen LogP contribution >= 0.6 is 0 Å². The van der Waals surface area contributed by atoms with Gasteiger partial charge < -0.3 is 14.2 Å². The molecule has 71 heavy (non-hydrogen) atoms. The average molecular weight is 926 g/mol. The first-order chi connectivity index (χ1) is 34.5. The van der Waals surface area contributed by atoms with Crippen LogP contribution in [0.4, 0.5) is 11.4 Å². The lowest BCUT2D eigenvalue weighted by molar-refractivity contribution is 0.483. The molecule has 0 N–H and O–H groups in total. The van der Waals surface area contributed by atoms with Gasteiger partial charge >= 0.3 is 0 Å². The number of hydrogen-bond acceptors (Lipinski definition) is 3. The summed E-state index contributed by atoms with van der Waals surface area (Å²) in [6, 6.07) is 64.1. The third-order valence-electron chi connectivity index (χ3n) is 14.6. The molecule has 0 aliphatic carbocycles. The van der Waals surface area contributed by atoms with Crippen LogP contribution in [0, 0.1) is 0 Å². The van der Waals surface area contributed by atoms with E-state index in [1.165, 1.54) is 43.4 Å². The number of para-hydroxylation sites is 2. The van der Waals surface area contributed by atoms with Gasteiger partial charge in [-0.05, 0) is 115 Å². The second-order valence-corrected chi connectivity index (χ2v) is 22.5. The molecule has 5 nitrogen and oxygen atoms in total. The number of fused-ring (bicyclic) bond motifs is 10.